The molecular formula is C15H13NO. The van der Waals surface area contributed by atoms with E-state index in [4.69, 9.17) is 10.00 Å². The summed E-state index contributed by atoms with van der Waals surface area (Å²) in [7, 11) is 0. The highest BCUT2D eigenvalue weighted by Crippen LogP contribution is 2.22. The number of benzene rings is 2. The summed E-state index contributed by atoms with van der Waals surface area (Å²) in [6.07, 6.45) is -0.419. The second-order valence-electron chi connectivity index (χ2n) is 3.78. The minimum absolute atomic E-state index is 0.419. The van der Waals surface area contributed by atoms with Crippen molar-refractivity contribution in [2.45, 2.75) is 13.0 Å². The van der Waals surface area contributed by atoms with Crippen LogP contribution < -0.4 is 4.74 Å². The van der Waals surface area contributed by atoms with Crippen LogP contribution in [0.4, 0.5) is 0 Å². The molecule has 0 aliphatic rings. The highest BCUT2D eigenvalue weighted by Gasteiger charge is 2.02. The normalized spacial score (nSPS) is 11.5. The molecule has 0 fully saturated rings. The maximum Gasteiger partial charge on any atom is 0.181 e. The van der Waals surface area contributed by atoms with Gasteiger partial charge in [0.25, 0.3) is 0 Å². The smallest absolute Gasteiger partial charge is 0.181 e. The van der Waals surface area contributed by atoms with Crippen LogP contribution in [-0.2, 0) is 0 Å². The Morgan fingerprint density at radius 2 is 1.53 bits per heavy atom. The van der Waals surface area contributed by atoms with Gasteiger partial charge >= 0.3 is 0 Å². The van der Waals surface area contributed by atoms with E-state index in [-0.39, 0.29) is 0 Å². The van der Waals surface area contributed by atoms with Crippen molar-refractivity contribution in [3.63, 3.8) is 0 Å². The fourth-order valence-electron chi connectivity index (χ4n) is 1.59. The summed E-state index contributed by atoms with van der Waals surface area (Å²) in [5.74, 6) is 0.721. The van der Waals surface area contributed by atoms with Crippen LogP contribution in [0.3, 0.4) is 0 Å². The molecule has 0 bridgehead atoms. The Hall–Kier alpha value is -2.27. The van der Waals surface area contributed by atoms with Crippen LogP contribution in [0.1, 0.15) is 6.92 Å². The minimum atomic E-state index is -0.419. The van der Waals surface area contributed by atoms with Gasteiger partial charge in [0.05, 0.1) is 0 Å². The second kappa shape index (κ2) is 5.18. The molecule has 0 radical (unpaired) electrons. The summed E-state index contributed by atoms with van der Waals surface area (Å²) in [6, 6.07) is 19.9. The number of nitrogens with zero attached hydrogens (tertiary/aromatic N) is 1. The minimum Gasteiger partial charge on any atom is -0.476 e. The van der Waals surface area contributed by atoms with E-state index in [1.807, 2.05) is 48.5 Å². The quantitative estimate of drug-likeness (QED) is 0.795. The average molecular weight is 223 g/mol. The van der Waals surface area contributed by atoms with Gasteiger partial charge in [-0.3, -0.25) is 0 Å². The lowest BCUT2D eigenvalue weighted by Crippen LogP contribution is -2.07. The molecule has 0 aliphatic heterocycles. The Labute approximate surface area is 101 Å². The van der Waals surface area contributed by atoms with Crippen molar-refractivity contribution in [1.29, 1.82) is 5.26 Å². The molecule has 2 aromatic rings. The van der Waals surface area contributed by atoms with E-state index in [0.717, 1.165) is 11.3 Å². The van der Waals surface area contributed by atoms with Crippen molar-refractivity contribution in [2.75, 3.05) is 0 Å². The molecule has 2 nitrogen and oxygen atoms in total. The van der Waals surface area contributed by atoms with Crippen LogP contribution in [-0.4, -0.2) is 6.10 Å². The van der Waals surface area contributed by atoms with Crippen molar-refractivity contribution < 1.29 is 4.74 Å². The Morgan fingerprint density at radius 1 is 0.941 bits per heavy atom. The number of hydrogen-bond donors (Lipinski definition) is 0. The van der Waals surface area contributed by atoms with Gasteiger partial charge in [-0.1, -0.05) is 42.5 Å². The number of ether oxygens (including phenoxy) is 1. The predicted molar refractivity (Wildman–Crippen MR) is 67.6 cm³/mol. The first-order valence-corrected chi connectivity index (χ1v) is 5.51. The van der Waals surface area contributed by atoms with Gasteiger partial charge in [0, 0.05) is 0 Å². The lowest BCUT2D eigenvalue weighted by atomic mass is 10.1. The number of hydrogen-bond acceptors (Lipinski definition) is 2. The molecule has 84 valence electrons. The third-order valence-electron chi connectivity index (χ3n) is 2.46. The lowest BCUT2D eigenvalue weighted by molar-refractivity contribution is 0.276. The average Bonchev–Trinajstić information content (AvgIpc) is 2.40. The molecule has 1 atom stereocenters. The first kappa shape index (κ1) is 11.2. The molecule has 0 amide bonds. The van der Waals surface area contributed by atoms with Crippen LogP contribution in [0.5, 0.6) is 5.75 Å². The summed E-state index contributed by atoms with van der Waals surface area (Å²) in [4.78, 5) is 0. The van der Waals surface area contributed by atoms with E-state index in [2.05, 4.69) is 12.1 Å². The Morgan fingerprint density at radius 3 is 2.12 bits per heavy atom. The number of rotatable bonds is 3. The Bertz CT molecular complexity index is 511. The van der Waals surface area contributed by atoms with E-state index in [9.17, 15) is 0 Å². The molecule has 2 rings (SSSR count). The first-order valence-electron chi connectivity index (χ1n) is 5.51. The molecule has 0 aliphatic carbocycles. The van der Waals surface area contributed by atoms with Crippen molar-refractivity contribution >= 4 is 0 Å². The van der Waals surface area contributed by atoms with E-state index < -0.39 is 6.10 Å². The molecule has 0 N–H and O–H groups in total. The van der Waals surface area contributed by atoms with Crippen LogP contribution in [0, 0.1) is 11.3 Å². The van der Waals surface area contributed by atoms with Gasteiger partial charge in [0.2, 0.25) is 0 Å². The van der Waals surface area contributed by atoms with Crippen LogP contribution in [0.25, 0.3) is 11.1 Å². The van der Waals surface area contributed by atoms with Gasteiger partial charge in [-0.15, -0.1) is 0 Å². The summed E-state index contributed by atoms with van der Waals surface area (Å²) in [5, 5.41) is 8.65. The summed E-state index contributed by atoms with van der Waals surface area (Å²) in [5.41, 5.74) is 2.31. The zero-order valence-electron chi connectivity index (χ0n) is 9.63. The zero-order valence-corrected chi connectivity index (χ0v) is 9.63. The monoisotopic (exact) mass is 223 g/mol. The summed E-state index contributed by atoms with van der Waals surface area (Å²) in [6.45, 7) is 1.73. The molecule has 0 unspecified atom stereocenters. The van der Waals surface area contributed by atoms with Gasteiger partial charge in [0.1, 0.15) is 11.8 Å². The van der Waals surface area contributed by atoms with Gasteiger partial charge in [-0.25, -0.2) is 0 Å². The van der Waals surface area contributed by atoms with Crippen LogP contribution >= 0.6 is 0 Å². The zero-order chi connectivity index (χ0) is 12.1. The van der Waals surface area contributed by atoms with Crippen molar-refractivity contribution in [3.8, 4) is 22.9 Å². The predicted octanol–water partition coefficient (Wildman–Crippen LogP) is 3.64. The fourth-order valence-corrected chi connectivity index (χ4v) is 1.59. The summed E-state index contributed by atoms with van der Waals surface area (Å²) >= 11 is 0. The SMILES string of the molecule is C[C@@H](C#N)Oc1ccc(-c2ccccc2)cc1. The standard InChI is InChI=1S/C15H13NO/c1-12(11-16)17-15-9-7-14(8-10-15)13-5-3-2-4-6-13/h2-10,12H,1H3/t12-/m0/s1. The second-order valence-corrected chi connectivity index (χ2v) is 3.78. The van der Waals surface area contributed by atoms with E-state index in [0.29, 0.717) is 0 Å². The molecule has 0 saturated heterocycles. The topological polar surface area (TPSA) is 33.0 Å². The third kappa shape index (κ3) is 2.85. The fraction of sp³-hybridized carbons (Fsp3) is 0.133. The van der Waals surface area contributed by atoms with Crippen molar-refractivity contribution in [1.82, 2.24) is 0 Å². The van der Waals surface area contributed by atoms with Crippen LogP contribution in [0.2, 0.25) is 0 Å². The Kier molecular flexibility index (Phi) is 3.42. The summed E-state index contributed by atoms with van der Waals surface area (Å²) < 4.78 is 5.39. The van der Waals surface area contributed by atoms with Crippen molar-refractivity contribution in [2.24, 2.45) is 0 Å². The molecule has 0 aromatic heterocycles. The molecule has 2 heteroatoms. The number of nitriles is 1. The maximum absolute atomic E-state index is 8.65. The molecule has 0 heterocycles. The molecule has 0 saturated carbocycles. The lowest BCUT2D eigenvalue weighted by Gasteiger charge is -2.08. The van der Waals surface area contributed by atoms with Crippen molar-refractivity contribution in [3.05, 3.63) is 54.6 Å². The molecular weight excluding hydrogens is 210 g/mol. The maximum atomic E-state index is 8.65. The van der Waals surface area contributed by atoms with Gasteiger partial charge in [0.15, 0.2) is 6.10 Å². The highest BCUT2D eigenvalue weighted by atomic mass is 16.5. The van der Waals surface area contributed by atoms with E-state index in [1.165, 1.54) is 5.56 Å². The van der Waals surface area contributed by atoms with Crippen LogP contribution in [0.15, 0.2) is 54.6 Å². The van der Waals surface area contributed by atoms with E-state index >= 15 is 0 Å². The van der Waals surface area contributed by atoms with E-state index in [1.54, 1.807) is 6.92 Å². The molecule has 0 spiro atoms. The first-order chi connectivity index (χ1) is 8.29. The van der Waals surface area contributed by atoms with Gasteiger partial charge in [-0.05, 0) is 30.2 Å². The van der Waals surface area contributed by atoms with Gasteiger partial charge < -0.3 is 4.74 Å². The molecule has 17 heavy (non-hydrogen) atoms. The van der Waals surface area contributed by atoms with Gasteiger partial charge in [-0.2, -0.15) is 5.26 Å². The highest BCUT2D eigenvalue weighted by molar-refractivity contribution is 5.63. The molecule has 2 aromatic carbocycles. The Balaban J connectivity index is 2.17. The third-order valence-corrected chi connectivity index (χ3v) is 2.46. The largest absolute Gasteiger partial charge is 0.476 e.